The zero-order valence-electron chi connectivity index (χ0n) is 18.8. The molecule has 6 nitrogen and oxygen atoms in total. The molecule has 0 N–H and O–H groups in total. The second-order valence-electron chi connectivity index (χ2n) is 8.77. The normalized spacial score (nSPS) is 16.1. The van der Waals surface area contributed by atoms with E-state index in [2.05, 4.69) is 4.90 Å². The Morgan fingerprint density at radius 1 is 1.06 bits per heavy atom. The van der Waals surface area contributed by atoms with Gasteiger partial charge in [0.15, 0.2) is 0 Å². The molecular formula is C24H32N2O4S. The number of para-hydroxylation sites is 1. The molecule has 0 aromatic heterocycles. The highest BCUT2D eigenvalue weighted by atomic mass is 32.2. The molecule has 1 aliphatic heterocycles. The molecule has 1 heterocycles. The molecule has 0 unspecified atom stereocenters. The minimum Gasteiger partial charge on any atom is -0.456 e. The highest BCUT2D eigenvalue weighted by Crippen LogP contribution is 2.38. The zero-order chi connectivity index (χ0) is 22.6. The number of sulfonamides is 1. The standard InChI is InChI=1S/C24H32N2O4S/c1-5-25(18-19-12-7-6-8-13-19)21-15-11-14-20(23(27)30-24(2,3)4)22(21)26-16-9-10-17-31(26,28)29/h6-8,11-15H,5,9-10,16-18H2,1-4H3. The molecule has 0 bridgehead atoms. The van der Waals surface area contributed by atoms with Crippen LogP contribution in [0.2, 0.25) is 0 Å². The third-order valence-corrected chi connectivity index (χ3v) is 7.01. The number of anilines is 2. The van der Waals surface area contributed by atoms with Crippen molar-refractivity contribution in [1.29, 1.82) is 0 Å². The topological polar surface area (TPSA) is 66.9 Å². The predicted molar refractivity (Wildman–Crippen MR) is 125 cm³/mol. The Bertz CT molecular complexity index is 1010. The summed E-state index contributed by atoms with van der Waals surface area (Å²) in [4.78, 5) is 15.2. The van der Waals surface area contributed by atoms with Gasteiger partial charge in [-0.15, -0.1) is 0 Å². The fourth-order valence-electron chi connectivity index (χ4n) is 3.76. The van der Waals surface area contributed by atoms with Gasteiger partial charge in [-0.1, -0.05) is 36.4 Å². The molecule has 0 saturated carbocycles. The SMILES string of the molecule is CCN(Cc1ccccc1)c1cccc(C(=O)OC(C)(C)C)c1N1CCCCS1(=O)=O. The fourth-order valence-corrected chi connectivity index (χ4v) is 5.42. The molecule has 2 aromatic rings. The van der Waals surface area contributed by atoms with E-state index in [1.807, 2.05) is 43.3 Å². The van der Waals surface area contributed by atoms with E-state index < -0.39 is 21.6 Å². The first-order chi connectivity index (χ1) is 14.6. The van der Waals surface area contributed by atoms with Crippen molar-refractivity contribution >= 4 is 27.4 Å². The first kappa shape index (κ1) is 23.1. The lowest BCUT2D eigenvalue weighted by Crippen LogP contribution is -2.40. The molecule has 0 spiro atoms. The number of hydrogen-bond donors (Lipinski definition) is 0. The Kier molecular flexibility index (Phi) is 6.94. The van der Waals surface area contributed by atoms with Crippen LogP contribution in [0.15, 0.2) is 48.5 Å². The summed E-state index contributed by atoms with van der Waals surface area (Å²) in [5.74, 6) is -0.430. The van der Waals surface area contributed by atoms with Crippen LogP contribution in [0.25, 0.3) is 0 Å². The Hall–Kier alpha value is -2.54. The van der Waals surface area contributed by atoms with E-state index in [1.165, 1.54) is 4.31 Å². The second kappa shape index (κ2) is 9.30. The summed E-state index contributed by atoms with van der Waals surface area (Å²) in [5.41, 5.74) is 1.86. The average molecular weight is 445 g/mol. The molecule has 0 amide bonds. The Labute approximate surface area is 185 Å². The van der Waals surface area contributed by atoms with Gasteiger partial charge in [-0.05, 0) is 58.2 Å². The van der Waals surface area contributed by atoms with E-state index >= 15 is 0 Å². The van der Waals surface area contributed by atoms with Gasteiger partial charge in [0.1, 0.15) is 5.60 Å². The quantitative estimate of drug-likeness (QED) is 0.609. The number of nitrogens with zero attached hydrogens (tertiary/aromatic N) is 2. The number of benzene rings is 2. The third kappa shape index (κ3) is 5.58. The molecule has 31 heavy (non-hydrogen) atoms. The van der Waals surface area contributed by atoms with Crippen molar-refractivity contribution in [3.05, 3.63) is 59.7 Å². The van der Waals surface area contributed by atoms with Crippen molar-refractivity contribution < 1.29 is 17.9 Å². The van der Waals surface area contributed by atoms with Crippen LogP contribution in [0.3, 0.4) is 0 Å². The van der Waals surface area contributed by atoms with Gasteiger partial charge in [0, 0.05) is 19.6 Å². The molecule has 1 saturated heterocycles. The van der Waals surface area contributed by atoms with Crippen molar-refractivity contribution in [1.82, 2.24) is 0 Å². The van der Waals surface area contributed by atoms with Crippen LogP contribution < -0.4 is 9.21 Å². The van der Waals surface area contributed by atoms with E-state index in [9.17, 15) is 13.2 Å². The molecule has 0 aliphatic carbocycles. The van der Waals surface area contributed by atoms with Crippen molar-refractivity contribution in [3.8, 4) is 0 Å². The van der Waals surface area contributed by atoms with Gasteiger partial charge >= 0.3 is 5.97 Å². The molecule has 1 aliphatic rings. The van der Waals surface area contributed by atoms with Gasteiger partial charge in [0.05, 0.1) is 22.7 Å². The smallest absolute Gasteiger partial charge is 0.340 e. The number of carbonyl (C=O) groups excluding carboxylic acids is 1. The van der Waals surface area contributed by atoms with Crippen molar-refractivity contribution in [2.45, 2.75) is 52.7 Å². The van der Waals surface area contributed by atoms with Crippen molar-refractivity contribution in [2.75, 3.05) is 28.0 Å². The van der Waals surface area contributed by atoms with Crippen LogP contribution >= 0.6 is 0 Å². The molecule has 3 rings (SSSR count). The largest absolute Gasteiger partial charge is 0.456 e. The lowest BCUT2D eigenvalue weighted by molar-refractivity contribution is 0.00705. The number of esters is 1. The molecule has 0 atom stereocenters. The maximum atomic E-state index is 13.1. The third-order valence-electron chi connectivity index (χ3n) is 5.17. The van der Waals surface area contributed by atoms with E-state index in [0.29, 0.717) is 31.7 Å². The summed E-state index contributed by atoms with van der Waals surface area (Å²) >= 11 is 0. The minimum atomic E-state index is -3.51. The highest BCUT2D eigenvalue weighted by molar-refractivity contribution is 7.92. The van der Waals surface area contributed by atoms with E-state index in [-0.39, 0.29) is 11.3 Å². The van der Waals surface area contributed by atoms with E-state index in [0.717, 1.165) is 17.7 Å². The number of carbonyl (C=O) groups is 1. The first-order valence-corrected chi connectivity index (χ1v) is 12.4. The Morgan fingerprint density at radius 2 is 1.77 bits per heavy atom. The van der Waals surface area contributed by atoms with Gasteiger partial charge in [0.25, 0.3) is 0 Å². The summed E-state index contributed by atoms with van der Waals surface area (Å²) in [6.07, 6.45) is 1.39. The van der Waals surface area contributed by atoms with Gasteiger partial charge in [0.2, 0.25) is 10.0 Å². The predicted octanol–water partition coefficient (Wildman–Crippen LogP) is 4.60. The van der Waals surface area contributed by atoms with Crippen molar-refractivity contribution in [2.24, 2.45) is 0 Å². The monoisotopic (exact) mass is 444 g/mol. The van der Waals surface area contributed by atoms with Gasteiger partial charge in [-0.25, -0.2) is 13.2 Å². The molecule has 2 aromatic carbocycles. The summed E-state index contributed by atoms with van der Waals surface area (Å²) in [7, 11) is -3.51. The zero-order valence-corrected chi connectivity index (χ0v) is 19.6. The Morgan fingerprint density at radius 3 is 2.39 bits per heavy atom. The first-order valence-electron chi connectivity index (χ1n) is 10.8. The Balaban J connectivity index is 2.13. The molecule has 1 fully saturated rings. The summed E-state index contributed by atoms with van der Waals surface area (Å²) < 4.78 is 33.1. The van der Waals surface area contributed by atoms with Gasteiger partial charge in [-0.3, -0.25) is 4.31 Å². The van der Waals surface area contributed by atoms with Crippen LogP contribution in [0.1, 0.15) is 56.5 Å². The average Bonchev–Trinajstić information content (AvgIpc) is 2.71. The maximum Gasteiger partial charge on any atom is 0.340 e. The van der Waals surface area contributed by atoms with Gasteiger partial charge in [-0.2, -0.15) is 0 Å². The molecule has 7 heteroatoms. The maximum absolute atomic E-state index is 13.1. The highest BCUT2D eigenvalue weighted by Gasteiger charge is 2.33. The van der Waals surface area contributed by atoms with E-state index in [1.54, 1.807) is 32.9 Å². The lowest BCUT2D eigenvalue weighted by Gasteiger charge is -2.35. The van der Waals surface area contributed by atoms with Crippen LogP contribution in [0.5, 0.6) is 0 Å². The minimum absolute atomic E-state index is 0.0832. The second-order valence-corrected chi connectivity index (χ2v) is 10.8. The van der Waals surface area contributed by atoms with Crippen molar-refractivity contribution in [3.63, 3.8) is 0 Å². The van der Waals surface area contributed by atoms with Crippen LogP contribution in [0, 0.1) is 0 Å². The number of ether oxygens (including phenoxy) is 1. The van der Waals surface area contributed by atoms with Gasteiger partial charge < -0.3 is 9.64 Å². The number of rotatable bonds is 6. The molecule has 168 valence electrons. The van der Waals surface area contributed by atoms with Crippen LogP contribution in [-0.2, 0) is 21.3 Å². The fraction of sp³-hybridized carbons (Fsp3) is 0.458. The summed E-state index contributed by atoms with van der Waals surface area (Å²) in [6.45, 7) is 9.07. The van der Waals surface area contributed by atoms with E-state index in [4.69, 9.17) is 4.74 Å². The summed E-state index contributed by atoms with van der Waals surface area (Å²) in [6, 6.07) is 15.4. The molecule has 0 radical (unpaired) electrons. The summed E-state index contributed by atoms with van der Waals surface area (Å²) in [5, 5.41) is 0. The number of hydrogen-bond acceptors (Lipinski definition) is 5. The lowest BCUT2D eigenvalue weighted by atomic mass is 10.1. The van der Waals surface area contributed by atoms with Crippen LogP contribution in [-0.4, -0.2) is 38.8 Å². The van der Waals surface area contributed by atoms with Crippen LogP contribution in [0.4, 0.5) is 11.4 Å². The molecular weight excluding hydrogens is 412 g/mol.